The highest BCUT2D eigenvalue weighted by molar-refractivity contribution is 4.81. The Balaban J connectivity index is 2.48. The van der Waals surface area contributed by atoms with Crippen LogP contribution in [0.4, 0.5) is 0 Å². The lowest BCUT2D eigenvalue weighted by atomic mass is 10.00. The summed E-state index contributed by atoms with van der Waals surface area (Å²) in [5.41, 5.74) is 0. The van der Waals surface area contributed by atoms with Gasteiger partial charge in [-0.15, -0.1) is 0 Å². The van der Waals surface area contributed by atoms with Crippen LogP contribution < -0.4 is 0 Å². The van der Waals surface area contributed by atoms with Gasteiger partial charge in [0.1, 0.15) is 6.10 Å². The average molecular weight is 162 g/mol. The van der Waals surface area contributed by atoms with Crippen LogP contribution in [0.2, 0.25) is 0 Å². The zero-order valence-electron chi connectivity index (χ0n) is 6.47. The van der Waals surface area contributed by atoms with Gasteiger partial charge in [0, 0.05) is 6.42 Å². The standard InChI is InChI=1S/C7H14O4/c1-4-5(9)2-6(10)7(3-8)11-4/h4-10H,2-3H2,1H3. The summed E-state index contributed by atoms with van der Waals surface area (Å²) in [6.07, 6.45) is -1.91. The van der Waals surface area contributed by atoms with Gasteiger partial charge in [-0.3, -0.25) is 0 Å². The van der Waals surface area contributed by atoms with Crippen molar-refractivity contribution in [3.8, 4) is 0 Å². The molecule has 4 heteroatoms. The zero-order valence-corrected chi connectivity index (χ0v) is 6.47. The van der Waals surface area contributed by atoms with Gasteiger partial charge in [0.2, 0.25) is 0 Å². The first-order valence-electron chi connectivity index (χ1n) is 3.77. The molecule has 1 saturated heterocycles. The first-order valence-corrected chi connectivity index (χ1v) is 3.77. The molecule has 4 nitrogen and oxygen atoms in total. The summed E-state index contributed by atoms with van der Waals surface area (Å²) in [4.78, 5) is 0. The van der Waals surface area contributed by atoms with Gasteiger partial charge in [-0.25, -0.2) is 0 Å². The van der Waals surface area contributed by atoms with Crippen LogP contribution in [-0.2, 0) is 4.74 Å². The van der Waals surface area contributed by atoms with Crippen LogP contribution in [0.1, 0.15) is 13.3 Å². The molecule has 1 rings (SSSR count). The molecule has 1 aliphatic heterocycles. The average Bonchev–Trinajstić information content (AvgIpc) is 1.97. The second-order valence-corrected chi connectivity index (χ2v) is 2.93. The molecular formula is C7H14O4. The molecule has 66 valence electrons. The molecule has 4 atom stereocenters. The summed E-state index contributed by atoms with van der Waals surface area (Å²) < 4.78 is 5.11. The molecule has 1 heterocycles. The van der Waals surface area contributed by atoms with Crippen molar-refractivity contribution in [1.82, 2.24) is 0 Å². The van der Waals surface area contributed by atoms with E-state index in [2.05, 4.69) is 0 Å². The summed E-state index contributed by atoms with van der Waals surface area (Å²) in [6, 6.07) is 0. The van der Waals surface area contributed by atoms with Gasteiger partial charge < -0.3 is 20.1 Å². The van der Waals surface area contributed by atoms with E-state index in [1.54, 1.807) is 6.92 Å². The molecule has 4 unspecified atom stereocenters. The fraction of sp³-hybridized carbons (Fsp3) is 1.00. The number of aliphatic hydroxyl groups excluding tert-OH is 3. The summed E-state index contributed by atoms with van der Waals surface area (Å²) in [7, 11) is 0. The van der Waals surface area contributed by atoms with Gasteiger partial charge in [-0.1, -0.05) is 0 Å². The third-order valence-corrected chi connectivity index (χ3v) is 2.02. The maximum Gasteiger partial charge on any atom is 0.107 e. The Morgan fingerprint density at radius 3 is 2.55 bits per heavy atom. The molecule has 11 heavy (non-hydrogen) atoms. The van der Waals surface area contributed by atoms with Crippen LogP contribution in [0.25, 0.3) is 0 Å². The highest BCUT2D eigenvalue weighted by atomic mass is 16.5. The zero-order chi connectivity index (χ0) is 8.43. The normalized spacial score (nSPS) is 45.8. The molecule has 0 aromatic carbocycles. The van der Waals surface area contributed by atoms with Crippen molar-refractivity contribution in [2.45, 2.75) is 37.8 Å². The van der Waals surface area contributed by atoms with Crippen LogP contribution in [0.3, 0.4) is 0 Å². The van der Waals surface area contributed by atoms with Gasteiger partial charge in [0.15, 0.2) is 0 Å². The van der Waals surface area contributed by atoms with Gasteiger partial charge in [0.05, 0.1) is 24.9 Å². The van der Waals surface area contributed by atoms with Crippen LogP contribution >= 0.6 is 0 Å². The molecule has 0 spiro atoms. The molecule has 0 aromatic rings. The minimum atomic E-state index is -0.744. The Labute approximate surface area is 65.4 Å². The Bertz CT molecular complexity index is 128. The minimum absolute atomic E-state index is 0.196. The lowest BCUT2D eigenvalue weighted by molar-refractivity contribution is -0.173. The summed E-state index contributed by atoms with van der Waals surface area (Å²) >= 11 is 0. The van der Waals surface area contributed by atoms with Gasteiger partial charge in [-0.05, 0) is 6.92 Å². The molecule has 0 bridgehead atoms. The van der Waals surface area contributed by atoms with E-state index in [4.69, 9.17) is 9.84 Å². The predicted octanol–water partition coefficient (Wildman–Crippen LogP) is -1.12. The molecule has 0 amide bonds. The van der Waals surface area contributed by atoms with Crippen molar-refractivity contribution in [2.24, 2.45) is 0 Å². The maximum atomic E-state index is 9.21. The number of hydrogen-bond acceptors (Lipinski definition) is 4. The smallest absolute Gasteiger partial charge is 0.107 e. The number of ether oxygens (including phenoxy) is 1. The third-order valence-electron chi connectivity index (χ3n) is 2.02. The lowest BCUT2D eigenvalue weighted by Crippen LogP contribution is -2.47. The molecule has 3 N–H and O–H groups in total. The van der Waals surface area contributed by atoms with Gasteiger partial charge in [-0.2, -0.15) is 0 Å². The molecule has 0 aliphatic carbocycles. The maximum absolute atomic E-state index is 9.21. The van der Waals surface area contributed by atoms with E-state index in [9.17, 15) is 10.2 Å². The van der Waals surface area contributed by atoms with Crippen molar-refractivity contribution < 1.29 is 20.1 Å². The number of rotatable bonds is 1. The molecule has 0 aromatic heterocycles. The van der Waals surface area contributed by atoms with E-state index in [1.165, 1.54) is 0 Å². The predicted molar refractivity (Wildman–Crippen MR) is 38.1 cm³/mol. The van der Waals surface area contributed by atoms with E-state index in [1.807, 2.05) is 0 Å². The molecule has 0 saturated carbocycles. The molecule has 1 aliphatic rings. The SMILES string of the molecule is CC1OC(CO)C(O)CC1O. The summed E-state index contributed by atoms with van der Waals surface area (Å²) in [5, 5.41) is 27.1. The van der Waals surface area contributed by atoms with Crippen molar-refractivity contribution in [3.63, 3.8) is 0 Å². The fourth-order valence-corrected chi connectivity index (χ4v) is 1.21. The van der Waals surface area contributed by atoms with Crippen molar-refractivity contribution in [3.05, 3.63) is 0 Å². The molecule has 1 fully saturated rings. The van der Waals surface area contributed by atoms with E-state index in [0.29, 0.717) is 0 Å². The van der Waals surface area contributed by atoms with Gasteiger partial charge >= 0.3 is 0 Å². The highest BCUT2D eigenvalue weighted by Crippen LogP contribution is 2.19. The van der Waals surface area contributed by atoms with Crippen molar-refractivity contribution in [2.75, 3.05) is 6.61 Å². The minimum Gasteiger partial charge on any atom is -0.394 e. The second kappa shape index (κ2) is 3.49. The molecule has 0 radical (unpaired) electrons. The van der Waals surface area contributed by atoms with E-state index >= 15 is 0 Å². The van der Waals surface area contributed by atoms with Crippen molar-refractivity contribution in [1.29, 1.82) is 0 Å². The second-order valence-electron chi connectivity index (χ2n) is 2.93. The molecular weight excluding hydrogens is 148 g/mol. The number of aliphatic hydroxyl groups is 3. The van der Waals surface area contributed by atoms with E-state index in [0.717, 1.165) is 0 Å². The topological polar surface area (TPSA) is 69.9 Å². The number of hydrogen-bond donors (Lipinski definition) is 3. The lowest BCUT2D eigenvalue weighted by Gasteiger charge is -2.34. The highest BCUT2D eigenvalue weighted by Gasteiger charge is 2.32. The van der Waals surface area contributed by atoms with E-state index in [-0.39, 0.29) is 19.1 Å². The van der Waals surface area contributed by atoms with Crippen molar-refractivity contribution >= 4 is 0 Å². The van der Waals surface area contributed by atoms with Gasteiger partial charge in [0.25, 0.3) is 0 Å². The van der Waals surface area contributed by atoms with E-state index < -0.39 is 18.3 Å². The first-order chi connectivity index (χ1) is 5.15. The van der Waals surface area contributed by atoms with Crippen LogP contribution in [0.15, 0.2) is 0 Å². The first kappa shape index (κ1) is 8.93. The largest absolute Gasteiger partial charge is 0.394 e. The quantitative estimate of drug-likeness (QED) is 0.456. The Morgan fingerprint density at radius 2 is 2.00 bits per heavy atom. The Hall–Kier alpha value is -0.160. The Morgan fingerprint density at radius 1 is 1.36 bits per heavy atom. The fourth-order valence-electron chi connectivity index (χ4n) is 1.21. The third kappa shape index (κ3) is 1.90. The Kier molecular flexibility index (Phi) is 2.84. The van der Waals surface area contributed by atoms with Crippen LogP contribution in [-0.4, -0.2) is 46.3 Å². The summed E-state index contributed by atoms with van der Waals surface area (Å²) in [5.74, 6) is 0. The van der Waals surface area contributed by atoms with Crippen LogP contribution in [0.5, 0.6) is 0 Å². The van der Waals surface area contributed by atoms with Crippen LogP contribution in [0, 0.1) is 0 Å². The summed E-state index contributed by atoms with van der Waals surface area (Å²) in [6.45, 7) is 1.53. The monoisotopic (exact) mass is 162 g/mol.